The Morgan fingerprint density at radius 2 is 1.93 bits per heavy atom. The van der Waals surface area contributed by atoms with E-state index in [4.69, 9.17) is 4.42 Å². The summed E-state index contributed by atoms with van der Waals surface area (Å²) in [7, 11) is 0. The lowest BCUT2D eigenvalue weighted by atomic mass is 10.2. The number of alkyl halides is 3. The molecule has 1 aromatic heterocycles. The first kappa shape index (κ1) is 9.58. The Balaban J connectivity index is 2.80. The summed E-state index contributed by atoms with van der Waals surface area (Å²) < 4.78 is 42.5. The van der Waals surface area contributed by atoms with Crippen molar-refractivity contribution in [2.75, 3.05) is 0 Å². The second-order valence-electron chi connectivity index (χ2n) is 2.76. The Labute approximate surface area is 85.6 Å². The summed E-state index contributed by atoms with van der Waals surface area (Å²) in [6.45, 7) is 0. The highest BCUT2D eigenvalue weighted by Crippen LogP contribution is 2.39. The number of benzene rings is 1. The van der Waals surface area contributed by atoms with E-state index in [2.05, 4.69) is 15.9 Å². The van der Waals surface area contributed by atoms with Gasteiger partial charge >= 0.3 is 6.18 Å². The third kappa shape index (κ3) is 1.41. The van der Waals surface area contributed by atoms with E-state index in [-0.39, 0.29) is 11.0 Å². The highest BCUT2D eigenvalue weighted by Gasteiger charge is 2.35. The Bertz CT molecular complexity index is 472. The highest BCUT2D eigenvalue weighted by atomic mass is 79.9. The molecule has 2 aromatic rings. The van der Waals surface area contributed by atoms with E-state index in [1.54, 1.807) is 12.1 Å². The van der Waals surface area contributed by atoms with E-state index < -0.39 is 11.7 Å². The fraction of sp³-hybridized carbons (Fsp3) is 0.111. The van der Waals surface area contributed by atoms with Crippen LogP contribution >= 0.6 is 15.9 Å². The molecule has 1 nitrogen and oxygen atoms in total. The van der Waals surface area contributed by atoms with Crippen LogP contribution in [0.5, 0.6) is 0 Å². The molecular formula is C9H4BrF3O. The third-order valence-corrected chi connectivity index (χ3v) is 2.51. The molecule has 0 aliphatic carbocycles. The van der Waals surface area contributed by atoms with Crippen molar-refractivity contribution in [3.8, 4) is 0 Å². The molecule has 0 unspecified atom stereocenters. The Morgan fingerprint density at radius 3 is 2.57 bits per heavy atom. The van der Waals surface area contributed by atoms with E-state index in [1.165, 1.54) is 6.07 Å². The van der Waals surface area contributed by atoms with Crippen LogP contribution in [0.25, 0.3) is 11.0 Å². The molecule has 0 aliphatic heterocycles. The lowest BCUT2D eigenvalue weighted by molar-refractivity contribution is -0.136. The van der Waals surface area contributed by atoms with E-state index in [9.17, 15) is 13.2 Å². The van der Waals surface area contributed by atoms with Gasteiger partial charge in [-0.05, 0) is 12.1 Å². The van der Waals surface area contributed by atoms with Crippen LogP contribution in [-0.4, -0.2) is 0 Å². The van der Waals surface area contributed by atoms with E-state index in [1.807, 2.05) is 0 Å². The van der Waals surface area contributed by atoms with E-state index >= 15 is 0 Å². The van der Waals surface area contributed by atoms with Gasteiger partial charge in [-0.25, -0.2) is 0 Å². The predicted molar refractivity (Wildman–Crippen MR) is 48.9 cm³/mol. The van der Waals surface area contributed by atoms with Gasteiger partial charge in [0.25, 0.3) is 0 Å². The minimum Gasteiger partial charge on any atom is -0.464 e. The van der Waals surface area contributed by atoms with Gasteiger partial charge in [0.1, 0.15) is 17.4 Å². The van der Waals surface area contributed by atoms with Crippen molar-refractivity contribution in [2.45, 2.75) is 6.18 Å². The summed E-state index contributed by atoms with van der Waals surface area (Å²) in [5.74, 6) is 0. The third-order valence-electron chi connectivity index (χ3n) is 1.85. The topological polar surface area (TPSA) is 13.1 Å². The van der Waals surface area contributed by atoms with Gasteiger partial charge in [-0.2, -0.15) is 13.2 Å². The first-order valence-corrected chi connectivity index (χ1v) is 4.52. The summed E-state index contributed by atoms with van der Waals surface area (Å²) in [4.78, 5) is 0. The van der Waals surface area contributed by atoms with Crippen LogP contribution in [0.1, 0.15) is 5.56 Å². The highest BCUT2D eigenvalue weighted by molar-refractivity contribution is 9.10. The standard InChI is InChI=1S/C9H4BrF3O/c10-6-2-1-3-7-8(6)5(4-14-7)9(11,12)13/h1-4H. The van der Waals surface area contributed by atoms with Gasteiger partial charge in [-0.1, -0.05) is 22.0 Å². The molecule has 14 heavy (non-hydrogen) atoms. The van der Waals surface area contributed by atoms with Gasteiger partial charge in [0, 0.05) is 9.86 Å². The number of rotatable bonds is 0. The van der Waals surface area contributed by atoms with Crippen molar-refractivity contribution in [1.82, 2.24) is 0 Å². The van der Waals surface area contributed by atoms with Gasteiger partial charge in [-0.15, -0.1) is 0 Å². The molecule has 0 atom stereocenters. The van der Waals surface area contributed by atoms with Crippen LogP contribution < -0.4 is 0 Å². The Morgan fingerprint density at radius 1 is 1.21 bits per heavy atom. The van der Waals surface area contributed by atoms with Crippen LogP contribution in [0.2, 0.25) is 0 Å². The fourth-order valence-corrected chi connectivity index (χ4v) is 1.82. The predicted octanol–water partition coefficient (Wildman–Crippen LogP) is 4.21. The number of halogens is 4. The average Bonchev–Trinajstić information content (AvgIpc) is 2.47. The largest absolute Gasteiger partial charge is 0.464 e. The molecule has 0 saturated heterocycles. The summed E-state index contributed by atoms with van der Waals surface area (Å²) in [6, 6.07) is 4.67. The lowest BCUT2D eigenvalue weighted by Gasteiger charge is -2.03. The normalized spacial score (nSPS) is 12.3. The maximum atomic E-state index is 12.5. The van der Waals surface area contributed by atoms with E-state index in [0.717, 1.165) is 6.26 Å². The van der Waals surface area contributed by atoms with Crippen molar-refractivity contribution in [3.63, 3.8) is 0 Å². The van der Waals surface area contributed by atoms with Crippen LogP contribution in [0.15, 0.2) is 33.4 Å². The molecule has 74 valence electrons. The van der Waals surface area contributed by atoms with Gasteiger partial charge in [0.15, 0.2) is 0 Å². The number of fused-ring (bicyclic) bond motifs is 1. The molecule has 0 fully saturated rings. The smallest absolute Gasteiger partial charge is 0.420 e. The average molecular weight is 265 g/mol. The zero-order valence-electron chi connectivity index (χ0n) is 6.73. The lowest BCUT2D eigenvalue weighted by Crippen LogP contribution is -2.03. The van der Waals surface area contributed by atoms with E-state index in [0.29, 0.717) is 4.47 Å². The van der Waals surface area contributed by atoms with Crippen LogP contribution in [-0.2, 0) is 6.18 Å². The Kier molecular flexibility index (Phi) is 2.06. The summed E-state index contributed by atoms with van der Waals surface area (Å²) in [5.41, 5.74) is -0.522. The van der Waals surface area contributed by atoms with Gasteiger partial charge in [0.05, 0.1) is 0 Å². The zero-order chi connectivity index (χ0) is 10.3. The monoisotopic (exact) mass is 264 g/mol. The van der Waals surface area contributed by atoms with Gasteiger partial charge < -0.3 is 4.42 Å². The molecule has 0 N–H and O–H groups in total. The van der Waals surface area contributed by atoms with Crippen LogP contribution in [0, 0.1) is 0 Å². The minimum absolute atomic E-state index is 0.0694. The second kappa shape index (κ2) is 3.02. The molecule has 0 radical (unpaired) electrons. The molecule has 2 rings (SSSR count). The summed E-state index contributed by atoms with van der Waals surface area (Å²) in [6.07, 6.45) is -3.65. The van der Waals surface area contributed by atoms with Gasteiger partial charge in [-0.3, -0.25) is 0 Å². The maximum Gasteiger partial charge on any atom is 0.420 e. The van der Waals surface area contributed by atoms with Crippen molar-refractivity contribution in [3.05, 3.63) is 34.5 Å². The molecule has 1 aromatic carbocycles. The number of hydrogen-bond acceptors (Lipinski definition) is 1. The number of hydrogen-bond donors (Lipinski definition) is 0. The van der Waals surface area contributed by atoms with Crippen molar-refractivity contribution in [1.29, 1.82) is 0 Å². The zero-order valence-corrected chi connectivity index (χ0v) is 8.32. The molecule has 0 saturated carbocycles. The SMILES string of the molecule is FC(F)(F)c1coc2cccc(Br)c12. The molecule has 0 amide bonds. The molecule has 0 aliphatic rings. The van der Waals surface area contributed by atoms with Crippen molar-refractivity contribution in [2.24, 2.45) is 0 Å². The number of furan rings is 1. The van der Waals surface area contributed by atoms with Crippen molar-refractivity contribution < 1.29 is 17.6 Å². The Hall–Kier alpha value is -0.970. The van der Waals surface area contributed by atoms with Gasteiger partial charge in [0.2, 0.25) is 0 Å². The quantitative estimate of drug-likeness (QED) is 0.695. The molecule has 0 bridgehead atoms. The molecule has 5 heteroatoms. The first-order valence-electron chi connectivity index (χ1n) is 3.73. The molecular weight excluding hydrogens is 261 g/mol. The van der Waals surface area contributed by atoms with Crippen LogP contribution in [0.3, 0.4) is 0 Å². The first-order chi connectivity index (χ1) is 6.50. The fourth-order valence-electron chi connectivity index (χ4n) is 1.25. The minimum atomic E-state index is -4.38. The summed E-state index contributed by atoms with van der Waals surface area (Å²) >= 11 is 3.06. The molecule has 0 spiro atoms. The summed E-state index contributed by atoms with van der Waals surface area (Å²) in [5, 5.41) is 0.0694. The van der Waals surface area contributed by atoms with Crippen molar-refractivity contribution >= 4 is 26.9 Å². The second-order valence-corrected chi connectivity index (χ2v) is 3.61. The van der Waals surface area contributed by atoms with Crippen LogP contribution in [0.4, 0.5) is 13.2 Å². The maximum absolute atomic E-state index is 12.5. The molecule has 1 heterocycles.